The van der Waals surface area contributed by atoms with Crippen LogP contribution in [0.2, 0.25) is 0 Å². The molecule has 3 atom stereocenters. The predicted molar refractivity (Wildman–Crippen MR) is 288 cm³/mol. The van der Waals surface area contributed by atoms with Crippen LogP contribution in [0.5, 0.6) is 0 Å². The number of phosphoric acid groups is 1. The lowest BCUT2D eigenvalue weighted by Gasteiger charge is -2.29. The summed E-state index contributed by atoms with van der Waals surface area (Å²) in [7, 11) is 1.21. The lowest BCUT2D eigenvalue weighted by atomic mass is 10.1. The van der Waals surface area contributed by atoms with E-state index in [0.717, 1.165) is 109 Å². The van der Waals surface area contributed by atoms with Crippen molar-refractivity contribution in [3.05, 3.63) is 146 Å². The summed E-state index contributed by atoms with van der Waals surface area (Å²) in [5.41, 5.74) is 0. The molecule has 1 amide bonds. The minimum atomic E-state index is -4.60. The van der Waals surface area contributed by atoms with Crippen LogP contribution >= 0.6 is 7.82 Å². The Balaban J connectivity index is 4.19. The van der Waals surface area contributed by atoms with Gasteiger partial charge in [0.05, 0.1) is 39.9 Å². The molecule has 67 heavy (non-hydrogen) atoms. The molecule has 0 aliphatic heterocycles. The molecule has 378 valence electrons. The summed E-state index contributed by atoms with van der Waals surface area (Å²) < 4.78 is 23.1. The van der Waals surface area contributed by atoms with Gasteiger partial charge in [-0.25, -0.2) is 0 Å². The summed E-state index contributed by atoms with van der Waals surface area (Å²) in [4.78, 5) is 25.2. The molecule has 0 aromatic heterocycles. The Labute approximate surface area is 410 Å². The zero-order valence-corrected chi connectivity index (χ0v) is 43.7. The number of nitrogens with one attached hydrogen (secondary N) is 1. The Hall–Kier alpha value is -3.62. The van der Waals surface area contributed by atoms with Gasteiger partial charge in [-0.3, -0.25) is 9.36 Å². The first-order chi connectivity index (χ1) is 32.5. The lowest BCUT2D eigenvalue weighted by molar-refractivity contribution is -0.870. The summed E-state index contributed by atoms with van der Waals surface area (Å²) in [6.07, 6.45) is 73.6. The van der Waals surface area contributed by atoms with Gasteiger partial charge in [0.15, 0.2) is 0 Å². The molecule has 3 unspecified atom stereocenters. The first-order valence-corrected chi connectivity index (χ1v) is 27.2. The second kappa shape index (κ2) is 47.4. The van der Waals surface area contributed by atoms with Crippen molar-refractivity contribution in [1.82, 2.24) is 5.32 Å². The maximum atomic E-state index is 12.8. The predicted octanol–water partition coefficient (Wildman–Crippen LogP) is 14.7. The number of hydrogen-bond acceptors (Lipinski definition) is 6. The van der Waals surface area contributed by atoms with Crippen LogP contribution in [0.1, 0.15) is 162 Å². The van der Waals surface area contributed by atoms with E-state index in [1.165, 1.54) is 25.7 Å². The molecule has 0 aliphatic carbocycles. The molecule has 8 nitrogen and oxygen atoms in total. The molecule has 0 aromatic rings. The van der Waals surface area contributed by atoms with E-state index in [1.807, 2.05) is 27.2 Å². The number of quaternary nitrogens is 1. The van der Waals surface area contributed by atoms with Crippen molar-refractivity contribution in [1.29, 1.82) is 0 Å². The van der Waals surface area contributed by atoms with Gasteiger partial charge in [-0.05, 0) is 103 Å². The Morgan fingerprint density at radius 2 is 0.910 bits per heavy atom. The van der Waals surface area contributed by atoms with E-state index < -0.39 is 26.6 Å². The van der Waals surface area contributed by atoms with E-state index >= 15 is 0 Å². The minimum Gasteiger partial charge on any atom is -0.756 e. The maximum absolute atomic E-state index is 12.8. The molecule has 0 bridgehead atoms. The lowest BCUT2D eigenvalue weighted by Crippen LogP contribution is -2.45. The highest BCUT2D eigenvalue weighted by molar-refractivity contribution is 7.45. The van der Waals surface area contributed by atoms with E-state index in [2.05, 4.69) is 153 Å². The van der Waals surface area contributed by atoms with Gasteiger partial charge >= 0.3 is 0 Å². The van der Waals surface area contributed by atoms with Crippen LogP contribution in [-0.2, 0) is 18.4 Å². The van der Waals surface area contributed by atoms with Gasteiger partial charge in [0.2, 0.25) is 5.91 Å². The minimum absolute atomic E-state index is 0.0165. The fourth-order valence-electron chi connectivity index (χ4n) is 6.27. The fraction of sp³-hybridized carbons (Fsp3) is 0.569. The molecule has 0 saturated carbocycles. The molecule has 0 aromatic carbocycles. The number of nitrogens with zero attached hydrogens (tertiary/aromatic N) is 1. The number of aliphatic hydroxyl groups excluding tert-OH is 1. The largest absolute Gasteiger partial charge is 0.756 e. The monoisotopic (exact) mass is 947 g/mol. The molecule has 0 saturated heterocycles. The van der Waals surface area contributed by atoms with Crippen LogP contribution in [0, 0.1) is 0 Å². The molecule has 0 rings (SSSR count). The average Bonchev–Trinajstić information content (AvgIpc) is 3.29. The number of phosphoric ester groups is 1. The Bertz CT molecular complexity index is 1590. The number of carbonyl (C=O) groups is 1. The topological polar surface area (TPSA) is 108 Å². The second-order valence-electron chi connectivity index (χ2n) is 17.8. The highest BCUT2D eigenvalue weighted by atomic mass is 31.2. The molecule has 9 heteroatoms. The van der Waals surface area contributed by atoms with Crippen molar-refractivity contribution >= 4 is 13.7 Å². The molecular weight excluding hydrogens is 852 g/mol. The fourth-order valence-corrected chi connectivity index (χ4v) is 6.99. The molecule has 0 spiro atoms. The molecule has 0 radical (unpaired) electrons. The third kappa shape index (κ3) is 50.1. The first kappa shape index (κ1) is 63.4. The third-order valence-corrected chi connectivity index (χ3v) is 11.3. The number of likely N-dealkylation sites (N-methyl/N-ethyl adjacent to an activating group) is 1. The van der Waals surface area contributed by atoms with E-state index in [0.29, 0.717) is 17.4 Å². The van der Waals surface area contributed by atoms with Crippen LogP contribution in [0.25, 0.3) is 0 Å². The normalized spacial score (nSPS) is 15.3. The second-order valence-corrected chi connectivity index (χ2v) is 19.2. The first-order valence-electron chi connectivity index (χ1n) is 25.7. The van der Waals surface area contributed by atoms with Crippen LogP contribution in [0.4, 0.5) is 0 Å². The van der Waals surface area contributed by atoms with Crippen molar-refractivity contribution in [2.45, 2.75) is 174 Å². The number of rotatable bonds is 44. The van der Waals surface area contributed by atoms with E-state index in [-0.39, 0.29) is 18.9 Å². The third-order valence-electron chi connectivity index (χ3n) is 10.3. The van der Waals surface area contributed by atoms with Gasteiger partial charge in [0, 0.05) is 6.42 Å². The maximum Gasteiger partial charge on any atom is 0.268 e. The van der Waals surface area contributed by atoms with Crippen molar-refractivity contribution in [3.63, 3.8) is 0 Å². The van der Waals surface area contributed by atoms with Crippen molar-refractivity contribution in [2.75, 3.05) is 40.9 Å². The number of unbranched alkanes of at least 4 members (excludes halogenated alkanes) is 9. The number of amides is 1. The van der Waals surface area contributed by atoms with Crippen molar-refractivity contribution < 1.29 is 32.9 Å². The highest BCUT2D eigenvalue weighted by Crippen LogP contribution is 2.38. The zero-order chi connectivity index (χ0) is 49.2. The van der Waals surface area contributed by atoms with Crippen LogP contribution in [0.3, 0.4) is 0 Å². The van der Waals surface area contributed by atoms with Gasteiger partial charge in [0.25, 0.3) is 7.82 Å². The van der Waals surface area contributed by atoms with Gasteiger partial charge in [-0.15, -0.1) is 0 Å². The highest BCUT2D eigenvalue weighted by Gasteiger charge is 2.23. The van der Waals surface area contributed by atoms with E-state index in [9.17, 15) is 19.4 Å². The summed E-state index contributed by atoms with van der Waals surface area (Å²) in [5, 5.41) is 13.7. The van der Waals surface area contributed by atoms with Gasteiger partial charge in [-0.1, -0.05) is 198 Å². The summed E-state index contributed by atoms with van der Waals surface area (Å²) in [6, 6.07) is -0.912. The Kier molecular flexibility index (Phi) is 44.9. The van der Waals surface area contributed by atoms with Crippen molar-refractivity contribution in [2.24, 2.45) is 0 Å². The smallest absolute Gasteiger partial charge is 0.268 e. The SMILES string of the molecule is CC/C=C\C/C=C\C/C=C\C/C=C\C/C=C\C/C=C\C/C=C\C/C=C\C/C=C\C/C=C\C/C=C\CCCCCC(=O)NC(COP(=O)([O-])OCC[N+](C)(C)C)C(O)/C=C/CCCCCCCC. The Morgan fingerprint density at radius 3 is 1.33 bits per heavy atom. The van der Waals surface area contributed by atoms with E-state index in [1.54, 1.807) is 6.08 Å². The van der Waals surface area contributed by atoms with Gasteiger partial charge < -0.3 is 28.8 Å². The summed E-state index contributed by atoms with van der Waals surface area (Å²) in [6.45, 7) is 4.42. The molecule has 0 aliphatic rings. The zero-order valence-electron chi connectivity index (χ0n) is 42.8. The van der Waals surface area contributed by atoms with Crippen LogP contribution in [0.15, 0.2) is 146 Å². The number of carbonyl (C=O) groups excluding carboxylic acids is 1. The van der Waals surface area contributed by atoms with Crippen molar-refractivity contribution in [3.8, 4) is 0 Å². The number of aliphatic hydroxyl groups is 1. The van der Waals surface area contributed by atoms with E-state index in [4.69, 9.17) is 9.05 Å². The summed E-state index contributed by atoms with van der Waals surface area (Å²) in [5.74, 6) is -0.241. The number of allylic oxidation sites excluding steroid dienone is 23. The summed E-state index contributed by atoms with van der Waals surface area (Å²) >= 11 is 0. The van der Waals surface area contributed by atoms with Crippen LogP contribution in [-0.4, -0.2) is 68.5 Å². The molecular formula is C58H95N2O6P. The standard InChI is InChI=1S/C58H95N2O6P/c1-6-8-10-12-14-16-17-18-19-20-21-22-23-24-25-26-27-28-29-30-31-32-33-34-35-36-37-38-39-40-41-42-43-44-46-48-50-52-58(62)59-56(55-66-67(63,64)65-54-53-60(3,4)5)57(61)51-49-47-45-15-13-11-9-7-2/h8,10,14,16,18-19,21-22,24-25,27-28,30-31,33-34,36-37,39-40,42-43,49,51,56-57,61H,6-7,9,11-13,15,17,20,23,26,29,32,35,38,41,44-48,50,52-55H2,1-5H3,(H-,59,62,63,64)/b10-8-,16-14-,19-18-,22-21-,25-24-,28-27-,31-30-,34-33-,37-36-,40-39-,43-42-,51-49+. The molecule has 0 fully saturated rings. The van der Waals surface area contributed by atoms with Gasteiger partial charge in [-0.2, -0.15) is 0 Å². The van der Waals surface area contributed by atoms with Crippen LogP contribution < -0.4 is 10.2 Å². The number of hydrogen-bond donors (Lipinski definition) is 2. The Morgan fingerprint density at radius 1 is 0.537 bits per heavy atom. The average molecular weight is 947 g/mol. The van der Waals surface area contributed by atoms with Gasteiger partial charge in [0.1, 0.15) is 13.2 Å². The quantitative estimate of drug-likeness (QED) is 0.0273. The molecule has 2 N–H and O–H groups in total. The molecule has 0 heterocycles.